The Morgan fingerprint density at radius 2 is 2.10 bits per heavy atom. The molecule has 6 heteroatoms. The van der Waals surface area contributed by atoms with Crippen molar-refractivity contribution in [2.45, 2.75) is 6.92 Å². The minimum Gasteiger partial charge on any atom is -0.383 e. The van der Waals surface area contributed by atoms with E-state index in [1.807, 2.05) is 31.2 Å². The molecule has 0 aliphatic carbocycles. The molecular formula is C14H17N3O2S. The van der Waals surface area contributed by atoms with Crippen LogP contribution in [0.15, 0.2) is 29.8 Å². The van der Waals surface area contributed by atoms with Gasteiger partial charge in [0.05, 0.1) is 29.2 Å². The number of ether oxygens (including phenoxy) is 1. The Hall–Kier alpha value is -1.92. The van der Waals surface area contributed by atoms with Gasteiger partial charge in [0.2, 0.25) is 0 Å². The largest absolute Gasteiger partial charge is 0.383 e. The van der Waals surface area contributed by atoms with Crippen molar-refractivity contribution < 1.29 is 9.53 Å². The molecule has 0 unspecified atom stereocenters. The van der Waals surface area contributed by atoms with Crippen LogP contribution in [0.2, 0.25) is 0 Å². The van der Waals surface area contributed by atoms with Gasteiger partial charge in [0, 0.05) is 13.7 Å². The second kappa shape index (κ2) is 7.02. The van der Waals surface area contributed by atoms with Crippen molar-refractivity contribution in [3.8, 4) is 0 Å². The van der Waals surface area contributed by atoms with Crippen LogP contribution in [-0.2, 0) is 4.74 Å². The molecule has 5 nitrogen and oxygen atoms in total. The summed E-state index contributed by atoms with van der Waals surface area (Å²) in [5.74, 6) is -0.133. The Balaban J connectivity index is 2.09. The van der Waals surface area contributed by atoms with Crippen LogP contribution < -0.4 is 10.6 Å². The van der Waals surface area contributed by atoms with E-state index in [9.17, 15) is 4.79 Å². The number of aryl methyl sites for hydroxylation is 1. The highest BCUT2D eigenvalue weighted by Crippen LogP contribution is 2.22. The molecule has 0 atom stereocenters. The Morgan fingerprint density at radius 1 is 1.35 bits per heavy atom. The van der Waals surface area contributed by atoms with Crippen LogP contribution in [0.1, 0.15) is 15.4 Å². The molecule has 0 saturated carbocycles. The van der Waals surface area contributed by atoms with Crippen LogP contribution in [0, 0.1) is 6.92 Å². The summed E-state index contributed by atoms with van der Waals surface area (Å²) in [7, 11) is 1.65. The molecule has 1 aromatic heterocycles. The number of aromatic nitrogens is 1. The lowest BCUT2D eigenvalue weighted by Gasteiger charge is -2.12. The number of benzene rings is 1. The summed E-state index contributed by atoms with van der Waals surface area (Å²) >= 11 is 1.34. The van der Waals surface area contributed by atoms with Crippen molar-refractivity contribution >= 4 is 28.6 Å². The first-order valence-corrected chi connectivity index (χ1v) is 7.13. The zero-order valence-electron chi connectivity index (χ0n) is 11.5. The van der Waals surface area contributed by atoms with Gasteiger partial charge in [0.25, 0.3) is 5.91 Å². The number of para-hydroxylation sites is 2. The van der Waals surface area contributed by atoms with Gasteiger partial charge in [-0.3, -0.25) is 4.79 Å². The Kier molecular flexibility index (Phi) is 5.09. The number of methoxy groups -OCH3 is 1. The Labute approximate surface area is 122 Å². The summed E-state index contributed by atoms with van der Waals surface area (Å²) in [6, 6.07) is 7.59. The molecule has 0 spiro atoms. The number of hydrogen-bond acceptors (Lipinski definition) is 5. The molecule has 0 bridgehead atoms. The third-order valence-electron chi connectivity index (χ3n) is 2.75. The third-order valence-corrected chi connectivity index (χ3v) is 3.68. The highest BCUT2D eigenvalue weighted by Gasteiger charge is 2.13. The zero-order valence-corrected chi connectivity index (χ0v) is 12.3. The average molecular weight is 291 g/mol. The van der Waals surface area contributed by atoms with Gasteiger partial charge in [-0.25, -0.2) is 4.98 Å². The van der Waals surface area contributed by atoms with Crippen LogP contribution in [0.3, 0.4) is 0 Å². The van der Waals surface area contributed by atoms with E-state index in [4.69, 9.17) is 4.74 Å². The van der Waals surface area contributed by atoms with Gasteiger partial charge in [-0.1, -0.05) is 12.1 Å². The Bertz CT molecular complexity index is 583. The van der Waals surface area contributed by atoms with E-state index >= 15 is 0 Å². The standard InChI is InChI=1S/C14H17N3O2S/c1-10-13(20-9-16-10)14(18)17-12-6-4-3-5-11(12)15-7-8-19-2/h3-6,9,15H,7-8H2,1-2H3,(H,17,18). The van der Waals surface area contributed by atoms with Gasteiger partial charge >= 0.3 is 0 Å². The quantitative estimate of drug-likeness (QED) is 0.803. The van der Waals surface area contributed by atoms with Crippen LogP contribution in [0.5, 0.6) is 0 Å². The lowest BCUT2D eigenvalue weighted by atomic mass is 10.2. The summed E-state index contributed by atoms with van der Waals surface area (Å²) in [5, 5.41) is 6.14. The lowest BCUT2D eigenvalue weighted by molar-refractivity contribution is 0.103. The van der Waals surface area contributed by atoms with Crippen LogP contribution >= 0.6 is 11.3 Å². The topological polar surface area (TPSA) is 63.2 Å². The summed E-state index contributed by atoms with van der Waals surface area (Å²) in [6.45, 7) is 3.12. The normalized spacial score (nSPS) is 10.3. The fraction of sp³-hybridized carbons (Fsp3) is 0.286. The van der Waals surface area contributed by atoms with Crippen LogP contribution in [0.4, 0.5) is 11.4 Å². The first kappa shape index (κ1) is 14.5. The molecule has 1 amide bonds. The molecule has 0 aliphatic heterocycles. The number of carbonyl (C=O) groups is 1. The number of carbonyl (C=O) groups excluding carboxylic acids is 1. The highest BCUT2D eigenvalue weighted by atomic mass is 32.1. The van der Waals surface area contributed by atoms with Crippen molar-refractivity contribution in [3.63, 3.8) is 0 Å². The van der Waals surface area contributed by atoms with Crippen molar-refractivity contribution in [3.05, 3.63) is 40.3 Å². The average Bonchev–Trinajstić information content (AvgIpc) is 2.87. The Morgan fingerprint density at radius 3 is 2.75 bits per heavy atom. The van der Waals surface area contributed by atoms with E-state index in [1.165, 1.54) is 11.3 Å². The monoisotopic (exact) mass is 291 g/mol. The summed E-state index contributed by atoms with van der Waals surface area (Å²) in [4.78, 5) is 16.9. The molecule has 1 aromatic carbocycles. The van der Waals surface area contributed by atoms with Gasteiger partial charge in [-0.15, -0.1) is 11.3 Å². The number of thiazole rings is 1. The number of hydrogen-bond donors (Lipinski definition) is 2. The maximum Gasteiger partial charge on any atom is 0.267 e. The minimum absolute atomic E-state index is 0.133. The third kappa shape index (κ3) is 3.55. The van der Waals surface area contributed by atoms with Gasteiger partial charge < -0.3 is 15.4 Å². The smallest absolute Gasteiger partial charge is 0.267 e. The summed E-state index contributed by atoms with van der Waals surface area (Å²) in [6.07, 6.45) is 0. The molecular weight excluding hydrogens is 274 g/mol. The first-order valence-electron chi connectivity index (χ1n) is 6.25. The van der Waals surface area contributed by atoms with E-state index < -0.39 is 0 Å². The maximum absolute atomic E-state index is 12.2. The molecule has 0 radical (unpaired) electrons. The number of anilines is 2. The van der Waals surface area contributed by atoms with Crippen molar-refractivity contribution in [1.82, 2.24) is 4.98 Å². The molecule has 1 heterocycles. The lowest BCUT2D eigenvalue weighted by Crippen LogP contribution is -2.14. The van der Waals surface area contributed by atoms with Gasteiger partial charge in [-0.05, 0) is 19.1 Å². The van der Waals surface area contributed by atoms with E-state index in [0.717, 1.165) is 17.1 Å². The minimum atomic E-state index is -0.133. The molecule has 0 saturated heterocycles. The molecule has 2 N–H and O–H groups in total. The fourth-order valence-electron chi connectivity index (χ4n) is 1.73. The molecule has 0 fully saturated rings. The van der Waals surface area contributed by atoms with Crippen molar-refractivity contribution in [2.75, 3.05) is 30.9 Å². The molecule has 0 aliphatic rings. The first-order chi connectivity index (χ1) is 9.72. The predicted octanol–water partition coefficient (Wildman–Crippen LogP) is 2.76. The number of rotatable bonds is 6. The van der Waals surface area contributed by atoms with Crippen LogP contribution in [-0.4, -0.2) is 31.2 Å². The number of nitrogens with one attached hydrogen (secondary N) is 2. The number of amides is 1. The van der Waals surface area contributed by atoms with E-state index in [2.05, 4.69) is 15.6 Å². The fourth-order valence-corrected chi connectivity index (χ4v) is 2.43. The highest BCUT2D eigenvalue weighted by molar-refractivity contribution is 7.12. The molecule has 20 heavy (non-hydrogen) atoms. The van der Waals surface area contributed by atoms with Gasteiger partial charge in [-0.2, -0.15) is 0 Å². The van der Waals surface area contributed by atoms with Gasteiger partial charge in [0.15, 0.2) is 0 Å². The summed E-state index contributed by atoms with van der Waals surface area (Å²) in [5.41, 5.74) is 4.05. The maximum atomic E-state index is 12.2. The van der Waals surface area contributed by atoms with E-state index in [0.29, 0.717) is 18.0 Å². The SMILES string of the molecule is COCCNc1ccccc1NC(=O)c1scnc1C. The second-order valence-corrected chi connectivity index (χ2v) is 5.04. The van der Waals surface area contributed by atoms with Gasteiger partial charge in [0.1, 0.15) is 4.88 Å². The van der Waals surface area contributed by atoms with E-state index in [-0.39, 0.29) is 5.91 Å². The van der Waals surface area contributed by atoms with E-state index in [1.54, 1.807) is 12.6 Å². The molecule has 2 rings (SSSR count). The van der Waals surface area contributed by atoms with Crippen molar-refractivity contribution in [1.29, 1.82) is 0 Å². The zero-order chi connectivity index (χ0) is 14.4. The number of nitrogens with zero attached hydrogens (tertiary/aromatic N) is 1. The van der Waals surface area contributed by atoms with Crippen LogP contribution in [0.25, 0.3) is 0 Å². The molecule has 2 aromatic rings. The molecule has 106 valence electrons. The predicted molar refractivity (Wildman–Crippen MR) is 81.6 cm³/mol. The summed E-state index contributed by atoms with van der Waals surface area (Å²) < 4.78 is 5.00. The van der Waals surface area contributed by atoms with Crippen molar-refractivity contribution in [2.24, 2.45) is 0 Å². The second-order valence-electron chi connectivity index (χ2n) is 4.19.